The van der Waals surface area contributed by atoms with Gasteiger partial charge in [0.1, 0.15) is 11.4 Å². The number of carbonyl (C=O) groups excluding carboxylic acids is 2. The van der Waals surface area contributed by atoms with Gasteiger partial charge in [-0.1, -0.05) is 18.2 Å². The summed E-state index contributed by atoms with van der Waals surface area (Å²) in [5.74, 6) is 1.35. The van der Waals surface area contributed by atoms with Crippen LogP contribution in [0.25, 0.3) is 0 Å². The molecule has 1 spiro atoms. The van der Waals surface area contributed by atoms with Crippen molar-refractivity contribution in [2.45, 2.75) is 57.1 Å². The van der Waals surface area contributed by atoms with Gasteiger partial charge in [-0.3, -0.25) is 9.59 Å². The number of piperidine rings is 1. The first-order chi connectivity index (χ1) is 14.0. The highest BCUT2D eigenvalue weighted by Gasteiger charge is 2.44. The molecule has 0 saturated carbocycles. The Kier molecular flexibility index (Phi) is 5.35. The van der Waals surface area contributed by atoms with Crippen LogP contribution < -0.4 is 10.1 Å². The van der Waals surface area contributed by atoms with E-state index in [1.807, 2.05) is 36.9 Å². The molecule has 2 aromatic rings. The third kappa shape index (κ3) is 4.16. The lowest BCUT2D eigenvalue weighted by Gasteiger charge is -2.46. The van der Waals surface area contributed by atoms with Crippen molar-refractivity contribution < 1.29 is 18.7 Å². The number of hydrogen-bond acceptors (Lipinski definition) is 4. The summed E-state index contributed by atoms with van der Waals surface area (Å²) < 4.78 is 11.7. The van der Waals surface area contributed by atoms with Crippen LogP contribution in [-0.4, -0.2) is 41.4 Å². The Balaban J connectivity index is 1.49. The van der Waals surface area contributed by atoms with Crippen LogP contribution >= 0.6 is 0 Å². The highest BCUT2D eigenvalue weighted by molar-refractivity contribution is 5.91. The molecule has 1 atom stereocenters. The number of ether oxygens (including phenoxy) is 1. The Morgan fingerprint density at radius 1 is 1.17 bits per heavy atom. The summed E-state index contributed by atoms with van der Waals surface area (Å²) in [4.78, 5) is 26.9. The molecule has 3 heterocycles. The molecule has 1 unspecified atom stereocenters. The zero-order valence-corrected chi connectivity index (χ0v) is 17.0. The second-order valence-electron chi connectivity index (χ2n) is 8.42. The number of para-hydroxylation sites is 1. The van der Waals surface area contributed by atoms with Crippen molar-refractivity contribution in [1.29, 1.82) is 0 Å². The van der Waals surface area contributed by atoms with Gasteiger partial charge < -0.3 is 19.4 Å². The van der Waals surface area contributed by atoms with Crippen LogP contribution in [0, 0.1) is 0 Å². The Labute approximate surface area is 171 Å². The van der Waals surface area contributed by atoms with Gasteiger partial charge in [-0.2, -0.15) is 0 Å². The second kappa shape index (κ2) is 7.93. The van der Waals surface area contributed by atoms with Gasteiger partial charge in [0.2, 0.25) is 5.91 Å². The second-order valence-corrected chi connectivity index (χ2v) is 8.42. The summed E-state index contributed by atoms with van der Waals surface area (Å²) in [6.07, 6.45) is 4.26. The Morgan fingerprint density at radius 2 is 1.93 bits per heavy atom. The van der Waals surface area contributed by atoms with Crippen LogP contribution in [0.3, 0.4) is 0 Å². The summed E-state index contributed by atoms with van der Waals surface area (Å²) in [6.45, 7) is 5.19. The maximum Gasteiger partial charge on any atom is 0.289 e. The molecule has 2 aliphatic heterocycles. The van der Waals surface area contributed by atoms with Crippen LogP contribution in [0.5, 0.6) is 5.75 Å². The average molecular weight is 396 g/mol. The number of carbonyl (C=O) groups is 2. The lowest BCUT2D eigenvalue weighted by Crippen LogP contribution is -2.52. The van der Waals surface area contributed by atoms with Gasteiger partial charge >= 0.3 is 0 Å². The van der Waals surface area contributed by atoms with E-state index in [9.17, 15) is 9.59 Å². The molecule has 1 aromatic heterocycles. The van der Waals surface area contributed by atoms with E-state index in [1.165, 1.54) is 6.26 Å². The molecular weight excluding hydrogens is 368 g/mol. The normalized spacial score (nSPS) is 20.2. The minimum atomic E-state index is -0.336. The number of fused-ring (bicyclic) bond motifs is 1. The minimum Gasteiger partial charge on any atom is -0.487 e. The minimum absolute atomic E-state index is 0.0716. The number of benzene rings is 1. The SMILES string of the molecule is CC(C)NC(=O)CC1CC2(CCN(C(=O)c3ccco3)CC2)Oc2ccccc21. The van der Waals surface area contributed by atoms with Crippen molar-refractivity contribution in [3.8, 4) is 5.75 Å². The molecule has 1 N–H and O–H groups in total. The molecule has 1 fully saturated rings. The van der Waals surface area contributed by atoms with E-state index in [1.54, 1.807) is 12.1 Å². The maximum atomic E-state index is 12.6. The number of nitrogens with one attached hydrogen (secondary N) is 1. The first-order valence-corrected chi connectivity index (χ1v) is 10.4. The van der Waals surface area contributed by atoms with Gasteiger partial charge in [0.25, 0.3) is 5.91 Å². The van der Waals surface area contributed by atoms with Crippen molar-refractivity contribution in [3.63, 3.8) is 0 Å². The Bertz CT molecular complexity index is 867. The van der Waals surface area contributed by atoms with Crippen LogP contribution in [0.15, 0.2) is 47.1 Å². The van der Waals surface area contributed by atoms with Gasteiger partial charge in [0, 0.05) is 44.3 Å². The third-order valence-corrected chi connectivity index (χ3v) is 5.88. The van der Waals surface area contributed by atoms with Gasteiger partial charge in [-0.25, -0.2) is 0 Å². The van der Waals surface area contributed by atoms with Crippen LogP contribution in [0.1, 0.15) is 61.6 Å². The molecule has 154 valence electrons. The van der Waals surface area contributed by atoms with E-state index in [0.717, 1.165) is 30.6 Å². The molecule has 6 heteroatoms. The molecule has 4 rings (SSSR count). The smallest absolute Gasteiger partial charge is 0.289 e. The molecule has 29 heavy (non-hydrogen) atoms. The number of hydrogen-bond donors (Lipinski definition) is 1. The molecule has 6 nitrogen and oxygen atoms in total. The molecule has 0 aliphatic carbocycles. The van der Waals surface area contributed by atoms with Gasteiger partial charge in [0.05, 0.1) is 6.26 Å². The number of amides is 2. The quantitative estimate of drug-likeness (QED) is 0.855. The summed E-state index contributed by atoms with van der Waals surface area (Å²) >= 11 is 0. The van der Waals surface area contributed by atoms with Crippen molar-refractivity contribution in [1.82, 2.24) is 10.2 Å². The summed E-state index contributed by atoms with van der Waals surface area (Å²) in [6, 6.07) is 11.6. The summed E-state index contributed by atoms with van der Waals surface area (Å²) in [5.41, 5.74) is 0.767. The lowest BCUT2D eigenvalue weighted by atomic mass is 9.76. The maximum absolute atomic E-state index is 12.6. The van der Waals surface area contributed by atoms with E-state index in [-0.39, 0.29) is 29.4 Å². The largest absolute Gasteiger partial charge is 0.487 e. The lowest BCUT2D eigenvalue weighted by molar-refractivity contribution is -0.122. The standard InChI is InChI=1S/C23H28N2O4/c1-16(2)24-21(26)14-17-15-23(29-19-7-4-3-6-18(17)19)9-11-25(12-10-23)22(27)20-8-5-13-28-20/h3-8,13,16-17H,9-12,14-15H2,1-2H3,(H,24,26). The molecule has 1 saturated heterocycles. The molecule has 0 radical (unpaired) electrons. The zero-order valence-electron chi connectivity index (χ0n) is 17.0. The third-order valence-electron chi connectivity index (χ3n) is 5.88. The fourth-order valence-corrected chi connectivity index (χ4v) is 4.51. The van der Waals surface area contributed by atoms with E-state index >= 15 is 0 Å². The number of nitrogens with zero attached hydrogens (tertiary/aromatic N) is 1. The van der Waals surface area contributed by atoms with Gasteiger partial charge in [-0.15, -0.1) is 0 Å². The van der Waals surface area contributed by atoms with E-state index in [2.05, 4.69) is 11.4 Å². The van der Waals surface area contributed by atoms with Crippen molar-refractivity contribution in [2.24, 2.45) is 0 Å². The van der Waals surface area contributed by atoms with Gasteiger partial charge in [-0.05, 0) is 44.0 Å². The zero-order chi connectivity index (χ0) is 20.4. The topological polar surface area (TPSA) is 71.8 Å². The molecular formula is C23H28N2O4. The fourth-order valence-electron chi connectivity index (χ4n) is 4.51. The van der Waals surface area contributed by atoms with E-state index in [0.29, 0.717) is 25.3 Å². The van der Waals surface area contributed by atoms with Crippen LogP contribution in [0.2, 0.25) is 0 Å². The first kappa shape index (κ1) is 19.6. The Hall–Kier alpha value is -2.76. The highest BCUT2D eigenvalue weighted by Crippen LogP contribution is 2.46. The summed E-state index contributed by atoms with van der Waals surface area (Å²) in [7, 11) is 0. The average Bonchev–Trinajstić information content (AvgIpc) is 3.22. The molecule has 2 amide bonds. The number of rotatable bonds is 4. The van der Waals surface area contributed by atoms with Crippen LogP contribution in [0.4, 0.5) is 0 Å². The highest BCUT2D eigenvalue weighted by atomic mass is 16.5. The van der Waals surface area contributed by atoms with Crippen molar-refractivity contribution in [2.75, 3.05) is 13.1 Å². The number of likely N-dealkylation sites (tertiary alicyclic amines) is 1. The van der Waals surface area contributed by atoms with E-state index < -0.39 is 0 Å². The van der Waals surface area contributed by atoms with Crippen LogP contribution in [-0.2, 0) is 4.79 Å². The monoisotopic (exact) mass is 396 g/mol. The van der Waals surface area contributed by atoms with E-state index in [4.69, 9.17) is 9.15 Å². The molecule has 2 aliphatic rings. The Morgan fingerprint density at radius 3 is 2.62 bits per heavy atom. The van der Waals surface area contributed by atoms with Crippen molar-refractivity contribution in [3.05, 3.63) is 54.0 Å². The first-order valence-electron chi connectivity index (χ1n) is 10.4. The van der Waals surface area contributed by atoms with Crippen molar-refractivity contribution >= 4 is 11.8 Å². The summed E-state index contributed by atoms with van der Waals surface area (Å²) in [5, 5.41) is 3.01. The molecule has 1 aromatic carbocycles. The predicted molar refractivity (Wildman–Crippen MR) is 109 cm³/mol. The molecule has 0 bridgehead atoms. The van der Waals surface area contributed by atoms with Gasteiger partial charge in [0.15, 0.2) is 5.76 Å². The fraction of sp³-hybridized carbons (Fsp3) is 0.478. The predicted octanol–water partition coefficient (Wildman–Crippen LogP) is 3.74. The number of furan rings is 1.